The Bertz CT molecular complexity index is 735. The van der Waals surface area contributed by atoms with Gasteiger partial charge in [-0.15, -0.1) is 0 Å². The molecule has 0 aromatic carbocycles. The van der Waals surface area contributed by atoms with Gasteiger partial charge in [0.05, 0.1) is 18.2 Å². The van der Waals surface area contributed by atoms with Crippen molar-refractivity contribution in [3.63, 3.8) is 0 Å². The fraction of sp³-hybridized carbons (Fsp3) is 0.885. The van der Waals surface area contributed by atoms with Crippen LogP contribution >= 0.6 is 12.6 Å². The number of carbonyl (C=O) groups is 1. The number of ketones is 1. The minimum absolute atomic E-state index is 0.0201. The van der Waals surface area contributed by atoms with Crippen LogP contribution in [0.1, 0.15) is 81.6 Å². The standard InChI is InChI=1S/C26H48BF3N2O3S/c1-11-17(2)22(33)21-19(13-12-14-27-35-24(7,8)25(9,10)36)20(31-16-26(28,29)30)15-32(21)18(3)34-23(4,5)6/h17,19-21,27,31,36H,3,11-16H2,1-2,4-10H3/t17?,19?,20-,21-/m0/s1. The molecule has 1 fully saturated rings. The summed E-state index contributed by atoms with van der Waals surface area (Å²) in [6, 6.07) is -1.10. The smallest absolute Gasteiger partial charge is 0.401 e. The van der Waals surface area contributed by atoms with Crippen LogP contribution in [0.2, 0.25) is 6.32 Å². The van der Waals surface area contributed by atoms with Gasteiger partial charge in [0.2, 0.25) is 0 Å². The van der Waals surface area contributed by atoms with Crippen LogP contribution < -0.4 is 5.32 Å². The van der Waals surface area contributed by atoms with E-state index in [9.17, 15) is 18.0 Å². The molecule has 0 saturated carbocycles. The second kappa shape index (κ2) is 12.8. The third-order valence-electron chi connectivity index (χ3n) is 7.22. The first-order valence-corrected chi connectivity index (χ1v) is 13.5. The number of ether oxygens (including phenoxy) is 1. The van der Waals surface area contributed by atoms with Gasteiger partial charge in [-0.05, 0) is 67.9 Å². The number of nitrogens with zero attached hydrogens (tertiary/aromatic N) is 1. The molecule has 0 radical (unpaired) electrons. The molecule has 36 heavy (non-hydrogen) atoms. The molecule has 10 heteroatoms. The Kier molecular flexibility index (Phi) is 11.8. The lowest BCUT2D eigenvalue weighted by Crippen LogP contribution is -2.45. The van der Waals surface area contributed by atoms with Crippen LogP contribution in [0.4, 0.5) is 13.2 Å². The Labute approximate surface area is 223 Å². The van der Waals surface area contributed by atoms with Crippen molar-refractivity contribution in [1.82, 2.24) is 10.2 Å². The number of Topliss-reactive ketones (excluding diaryl/α,β-unsaturated/α-hetero) is 1. The molecule has 4 atom stereocenters. The van der Waals surface area contributed by atoms with Crippen LogP contribution in [0.5, 0.6) is 0 Å². The van der Waals surface area contributed by atoms with E-state index in [1.807, 2.05) is 62.3 Å². The minimum atomic E-state index is -4.34. The van der Waals surface area contributed by atoms with Crippen molar-refractivity contribution in [2.45, 2.75) is 122 Å². The molecule has 0 aromatic heterocycles. The molecule has 1 aliphatic rings. The number of nitrogens with one attached hydrogen (secondary N) is 1. The summed E-state index contributed by atoms with van der Waals surface area (Å²) in [7, 11) is 0.512. The first-order valence-electron chi connectivity index (χ1n) is 13.0. The Morgan fingerprint density at radius 3 is 2.25 bits per heavy atom. The van der Waals surface area contributed by atoms with Crippen LogP contribution in [-0.2, 0) is 14.2 Å². The van der Waals surface area contributed by atoms with Gasteiger partial charge in [0.15, 0.2) is 11.7 Å². The fourth-order valence-corrected chi connectivity index (χ4v) is 4.31. The molecule has 1 aliphatic heterocycles. The summed E-state index contributed by atoms with van der Waals surface area (Å²) in [5.74, 6) is -0.174. The summed E-state index contributed by atoms with van der Waals surface area (Å²) in [6.07, 6.45) is -1.63. The lowest BCUT2D eigenvalue weighted by atomic mass is 9.80. The van der Waals surface area contributed by atoms with Crippen LogP contribution in [0.3, 0.4) is 0 Å². The van der Waals surface area contributed by atoms with Gasteiger partial charge in [0, 0.05) is 29.2 Å². The van der Waals surface area contributed by atoms with Crippen molar-refractivity contribution in [3.8, 4) is 0 Å². The van der Waals surface area contributed by atoms with Gasteiger partial charge in [-0.1, -0.05) is 26.6 Å². The lowest BCUT2D eigenvalue weighted by Gasteiger charge is -2.38. The first kappa shape index (κ1) is 33.2. The summed E-state index contributed by atoms with van der Waals surface area (Å²) in [5.41, 5.74) is -0.979. The van der Waals surface area contributed by atoms with E-state index in [1.54, 1.807) is 4.90 Å². The Balaban J connectivity index is 3.10. The quantitative estimate of drug-likeness (QED) is 0.128. The van der Waals surface area contributed by atoms with Gasteiger partial charge in [0.1, 0.15) is 5.60 Å². The van der Waals surface area contributed by atoms with Crippen molar-refractivity contribution in [1.29, 1.82) is 0 Å². The number of carbonyl (C=O) groups excluding carboxylic acids is 1. The third-order valence-corrected chi connectivity index (χ3v) is 7.76. The van der Waals surface area contributed by atoms with E-state index in [4.69, 9.17) is 9.39 Å². The molecular formula is C26H48BF3N2O3S. The summed E-state index contributed by atoms with van der Waals surface area (Å²) in [4.78, 5) is 15.3. The monoisotopic (exact) mass is 536 g/mol. The predicted molar refractivity (Wildman–Crippen MR) is 146 cm³/mol. The van der Waals surface area contributed by atoms with Crippen molar-refractivity contribution in [2.75, 3.05) is 13.1 Å². The molecule has 5 nitrogen and oxygen atoms in total. The number of rotatable bonds is 14. The van der Waals surface area contributed by atoms with Crippen LogP contribution in [0, 0.1) is 11.8 Å². The zero-order valence-corrected chi connectivity index (χ0v) is 24.6. The molecule has 1 rings (SSSR count). The van der Waals surface area contributed by atoms with Crippen LogP contribution in [0.25, 0.3) is 0 Å². The van der Waals surface area contributed by atoms with Gasteiger partial charge in [-0.3, -0.25) is 4.79 Å². The zero-order chi connectivity index (χ0) is 28.1. The van der Waals surface area contributed by atoms with E-state index in [0.717, 1.165) is 12.7 Å². The predicted octanol–water partition coefficient (Wildman–Crippen LogP) is 5.76. The molecule has 2 unspecified atom stereocenters. The highest BCUT2D eigenvalue weighted by molar-refractivity contribution is 7.81. The molecule has 0 spiro atoms. The van der Waals surface area contributed by atoms with Gasteiger partial charge < -0.3 is 19.6 Å². The Morgan fingerprint density at radius 2 is 1.78 bits per heavy atom. The highest BCUT2D eigenvalue weighted by Gasteiger charge is 2.48. The fourth-order valence-electron chi connectivity index (χ4n) is 4.25. The van der Waals surface area contributed by atoms with Crippen LogP contribution in [0.15, 0.2) is 12.5 Å². The molecule has 0 aliphatic carbocycles. The third kappa shape index (κ3) is 10.1. The van der Waals surface area contributed by atoms with Crippen molar-refractivity contribution >= 4 is 25.9 Å². The maximum atomic E-state index is 13.5. The van der Waals surface area contributed by atoms with E-state index in [2.05, 4.69) is 24.5 Å². The normalized spacial score (nSPS) is 22.5. The van der Waals surface area contributed by atoms with E-state index < -0.39 is 36.0 Å². The van der Waals surface area contributed by atoms with E-state index in [1.165, 1.54) is 0 Å². The van der Waals surface area contributed by atoms with Gasteiger partial charge in [-0.2, -0.15) is 25.8 Å². The summed E-state index contributed by atoms with van der Waals surface area (Å²) < 4.78 is 51.0. The summed E-state index contributed by atoms with van der Waals surface area (Å²) in [6.45, 7) is 20.6. The van der Waals surface area contributed by atoms with Gasteiger partial charge in [0.25, 0.3) is 7.48 Å². The maximum absolute atomic E-state index is 13.5. The van der Waals surface area contributed by atoms with E-state index in [-0.39, 0.29) is 28.9 Å². The van der Waals surface area contributed by atoms with Gasteiger partial charge >= 0.3 is 6.18 Å². The second-order valence-electron chi connectivity index (χ2n) is 12.1. The van der Waals surface area contributed by atoms with Gasteiger partial charge in [-0.25, -0.2) is 0 Å². The van der Waals surface area contributed by atoms with Crippen molar-refractivity contribution in [2.24, 2.45) is 11.8 Å². The summed E-state index contributed by atoms with van der Waals surface area (Å²) >= 11 is 4.62. The number of hydrogen-bond acceptors (Lipinski definition) is 6. The molecule has 0 bridgehead atoms. The number of thiol groups is 1. The molecule has 210 valence electrons. The number of halogens is 3. The number of hydrogen-bond donors (Lipinski definition) is 2. The number of alkyl halides is 3. The minimum Gasteiger partial charge on any atom is -0.474 e. The highest BCUT2D eigenvalue weighted by Crippen LogP contribution is 2.36. The Morgan fingerprint density at radius 1 is 1.19 bits per heavy atom. The summed E-state index contributed by atoms with van der Waals surface area (Å²) in [5, 5.41) is 2.69. The molecular weight excluding hydrogens is 488 g/mol. The Hall–Kier alpha value is -0.865. The first-order chi connectivity index (χ1) is 16.2. The molecule has 1 heterocycles. The lowest BCUT2D eigenvalue weighted by molar-refractivity contribution is -0.129. The molecule has 0 aromatic rings. The van der Waals surface area contributed by atoms with E-state index >= 15 is 0 Å². The van der Waals surface area contributed by atoms with Crippen molar-refractivity contribution in [3.05, 3.63) is 12.5 Å². The molecule has 1 saturated heterocycles. The average molecular weight is 537 g/mol. The van der Waals surface area contributed by atoms with E-state index in [0.29, 0.717) is 26.2 Å². The maximum Gasteiger partial charge on any atom is 0.401 e. The molecule has 0 amide bonds. The SMILES string of the molecule is C=C(OC(C)(C)C)N1C[C@H](NCC(F)(F)F)C(CCCBOC(C)(C)C(C)(C)S)[C@H]1C(=O)C(C)CC. The largest absolute Gasteiger partial charge is 0.474 e. The molecule has 1 N–H and O–H groups in total. The zero-order valence-electron chi connectivity index (χ0n) is 23.7. The highest BCUT2D eigenvalue weighted by atomic mass is 32.1. The van der Waals surface area contributed by atoms with Crippen LogP contribution in [-0.4, -0.2) is 65.5 Å². The average Bonchev–Trinajstić information content (AvgIpc) is 3.06. The second-order valence-corrected chi connectivity index (χ2v) is 13.2. The number of likely N-dealkylation sites (tertiary alicyclic amines) is 1. The van der Waals surface area contributed by atoms with Crippen molar-refractivity contribution < 1.29 is 27.4 Å². The topological polar surface area (TPSA) is 50.8 Å².